The molecule has 0 spiro atoms. The molecular formula is C19H13F3O. The average molecular weight is 314 g/mol. The van der Waals surface area contributed by atoms with Gasteiger partial charge in [0.05, 0.1) is 5.56 Å². The molecule has 0 heterocycles. The smallest absolute Gasteiger partial charge is 0.266 e. The van der Waals surface area contributed by atoms with Crippen molar-refractivity contribution in [2.24, 2.45) is 0 Å². The number of para-hydroxylation sites is 1. The van der Waals surface area contributed by atoms with Crippen LogP contribution in [-0.2, 0) is 0 Å². The van der Waals surface area contributed by atoms with Crippen molar-refractivity contribution in [1.29, 1.82) is 0 Å². The van der Waals surface area contributed by atoms with Crippen LogP contribution in [0.4, 0.5) is 13.2 Å². The van der Waals surface area contributed by atoms with E-state index in [1.165, 1.54) is 12.1 Å². The summed E-state index contributed by atoms with van der Waals surface area (Å²) in [5, 5.41) is 0. The fraction of sp³-hybridized carbons (Fsp3) is 0.0526. The van der Waals surface area contributed by atoms with Crippen LogP contribution in [0.5, 0.6) is 11.5 Å². The second-order valence-corrected chi connectivity index (χ2v) is 4.95. The predicted octanol–water partition coefficient (Wildman–Crippen LogP) is 6.22. The van der Waals surface area contributed by atoms with Gasteiger partial charge in [-0.15, -0.1) is 0 Å². The average Bonchev–Trinajstić information content (AvgIpc) is 2.57. The maximum atomic E-state index is 14.1. The Morgan fingerprint density at radius 3 is 2.00 bits per heavy atom. The quantitative estimate of drug-likeness (QED) is 0.555. The number of hydrogen-bond donors (Lipinski definition) is 0. The van der Waals surface area contributed by atoms with Gasteiger partial charge in [-0.2, -0.15) is 0 Å². The molecular weight excluding hydrogens is 301 g/mol. The van der Waals surface area contributed by atoms with Gasteiger partial charge in [-0.3, -0.25) is 0 Å². The molecule has 0 aliphatic rings. The zero-order valence-electron chi connectivity index (χ0n) is 12.0. The van der Waals surface area contributed by atoms with Gasteiger partial charge in [0.1, 0.15) is 17.3 Å². The maximum absolute atomic E-state index is 14.1. The van der Waals surface area contributed by atoms with E-state index in [0.717, 1.165) is 6.07 Å². The molecule has 0 aromatic heterocycles. The third-order valence-electron chi connectivity index (χ3n) is 3.41. The van der Waals surface area contributed by atoms with E-state index in [0.29, 0.717) is 17.1 Å². The van der Waals surface area contributed by atoms with Gasteiger partial charge in [0.25, 0.3) is 6.43 Å². The van der Waals surface area contributed by atoms with Crippen LogP contribution in [0, 0.1) is 5.82 Å². The van der Waals surface area contributed by atoms with Crippen LogP contribution in [0.1, 0.15) is 12.0 Å². The molecule has 0 fully saturated rings. The minimum absolute atomic E-state index is 0.147. The first-order valence-electron chi connectivity index (χ1n) is 7.05. The lowest BCUT2D eigenvalue weighted by atomic mass is 10.0. The number of hydrogen-bond acceptors (Lipinski definition) is 1. The van der Waals surface area contributed by atoms with Gasteiger partial charge >= 0.3 is 0 Å². The Balaban J connectivity index is 1.87. The molecule has 0 aliphatic heterocycles. The molecule has 0 saturated carbocycles. The molecule has 3 aromatic carbocycles. The summed E-state index contributed by atoms with van der Waals surface area (Å²) < 4.78 is 45.3. The monoisotopic (exact) mass is 314 g/mol. The molecule has 0 N–H and O–H groups in total. The van der Waals surface area contributed by atoms with Crippen molar-refractivity contribution < 1.29 is 17.9 Å². The minimum Gasteiger partial charge on any atom is -0.457 e. The highest BCUT2D eigenvalue weighted by Crippen LogP contribution is 2.31. The first-order valence-corrected chi connectivity index (χ1v) is 7.05. The molecule has 0 saturated heterocycles. The molecule has 3 aromatic rings. The maximum Gasteiger partial charge on any atom is 0.266 e. The molecule has 23 heavy (non-hydrogen) atoms. The third-order valence-corrected chi connectivity index (χ3v) is 3.41. The Labute approximate surface area is 132 Å². The molecule has 0 amide bonds. The second-order valence-electron chi connectivity index (χ2n) is 4.95. The Bertz CT molecular complexity index is 783. The van der Waals surface area contributed by atoms with Crippen molar-refractivity contribution in [1.82, 2.24) is 0 Å². The molecule has 0 bridgehead atoms. The lowest BCUT2D eigenvalue weighted by molar-refractivity contribution is 0.146. The molecule has 1 nitrogen and oxygen atoms in total. The van der Waals surface area contributed by atoms with E-state index in [9.17, 15) is 13.2 Å². The largest absolute Gasteiger partial charge is 0.457 e. The first-order chi connectivity index (χ1) is 11.1. The van der Waals surface area contributed by atoms with E-state index in [1.807, 2.05) is 30.3 Å². The van der Waals surface area contributed by atoms with Crippen molar-refractivity contribution in [3.8, 4) is 22.6 Å². The minimum atomic E-state index is -2.84. The van der Waals surface area contributed by atoms with Crippen LogP contribution in [0.15, 0.2) is 72.8 Å². The van der Waals surface area contributed by atoms with Crippen molar-refractivity contribution in [3.63, 3.8) is 0 Å². The van der Waals surface area contributed by atoms with Gasteiger partial charge in [0, 0.05) is 5.56 Å². The zero-order valence-corrected chi connectivity index (χ0v) is 12.0. The van der Waals surface area contributed by atoms with Crippen LogP contribution >= 0.6 is 0 Å². The van der Waals surface area contributed by atoms with Crippen molar-refractivity contribution in [3.05, 3.63) is 84.2 Å². The zero-order chi connectivity index (χ0) is 16.2. The van der Waals surface area contributed by atoms with E-state index in [1.54, 1.807) is 24.3 Å². The summed E-state index contributed by atoms with van der Waals surface area (Å²) in [6, 6.07) is 19.9. The lowest BCUT2D eigenvalue weighted by Crippen LogP contribution is -1.94. The van der Waals surface area contributed by atoms with Gasteiger partial charge in [0.2, 0.25) is 0 Å². The highest BCUT2D eigenvalue weighted by molar-refractivity contribution is 5.66. The molecule has 3 rings (SSSR count). The summed E-state index contributed by atoms with van der Waals surface area (Å²) in [6.07, 6.45) is -2.84. The predicted molar refractivity (Wildman–Crippen MR) is 83.3 cm³/mol. The Kier molecular flexibility index (Phi) is 4.33. The second kappa shape index (κ2) is 6.57. The van der Waals surface area contributed by atoms with E-state index >= 15 is 0 Å². The van der Waals surface area contributed by atoms with Crippen LogP contribution in [0.25, 0.3) is 11.1 Å². The molecule has 0 atom stereocenters. The van der Waals surface area contributed by atoms with Gasteiger partial charge in [0.15, 0.2) is 0 Å². The van der Waals surface area contributed by atoms with E-state index in [2.05, 4.69) is 0 Å². The summed E-state index contributed by atoms with van der Waals surface area (Å²) >= 11 is 0. The van der Waals surface area contributed by atoms with Crippen molar-refractivity contribution in [2.45, 2.75) is 6.43 Å². The topological polar surface area (TPSA) is 9.23 Å². The summed E-state index contributed by atoms with van der Waals surface area (Å²) in [6.45, 7) is 0. The first kappa shape index (κ1) is 15.2. The van der Waals surface area contributed by atoms with Crippen LogP contribution in [-0.4, -0.2) is 0 Å². The highest BCUT2D eigenvalue weighted by atomic mass is 19.3. The summed E-state index contributed by atoms with van der Waals surface area (Å²) in [5.74, 6) is 0.385. The number of ether oxygens (including phenoxy) is 1. The fourth-order valence-electron chi connectivity index (χ4n) is 2.27. The highest BCUT2D eigenvalue weighted by Gasteiger charge is 2.16. The summed E-state index contributed by atoms with van der Waals surface area (Å²) in [4.78, 5) is 0. The molecule has 0 unspecified atom stereocenters. The van der Waals surface area contributed by atoms with E-state index in [4.69, 9.17) is 4.74 Å². The van der Waals surface area contributed by atoms with Crippen molar-refractivity contribution in [2.75, 3.05) is 0 Å². The van der Waals surface area contributed by atoms with Crippen LogP contribution < -0.4 is 4.74 Å². The lowest BCUT2D eigenvalue weighted by Gasteiger charge is -2.09. The number of rotatable bonds is 4. The Morgan fingerprint density at radius 2 is 1.35 bits per heavy atom. The van der Waals surface area contributed by atoms with E-state index in [-0.39, 0.29) is 5.56 Å². The van der Waals surface area contributed by atoms with Gasteiger partial charge in [-0.25, -0.2) is 13.2 Å². The number of benzene rings is 3. The normalized spacial score (nSPS) is 10.8. The molecule has 4 heteroatoms. The van der Waals surface area contributed by atoms with E-state index < -0.39 is 17.8 Å². The summed E-state index contributed by atoms with van der Waals surface area (Å²) in [5.41, 5.74) is 0.0755. The van der Waals surface area contributed by atoms with Crippen molar-refractivity contribution >= 4 is 0 Å². The Hall–Kier alpha value is -2.75. The number of alkyl halides is 2. The molecule has 0 radical (unpaired) electrons. The van der Waals surface area contributed by atoms with Gasteiger partial charge < -0.3 is 4.74 Å². The van der Waals surface area contributed by atoms with Gasteiger partial charge in [-0.1, -0.05) is 48.5 Å². The number of halogens is 3. The van der Waals surface area contributed by atoms with Crippen LogP contribution in [0.3, 0.4) is 0 Å². The molecule has 116 valence electrons. The third kappa shape index (κ3) is 3.37. The molecule has 0 aliphatic carbocycles. The Morgan fingerprint density at radius 1 is 0.696 bits per heavy atom. The SMILES string of the molecule is Fc1c(-c2ccc(Oc3ccccc3)cc2)cccc1C(F)F. The standard InChI is InChI=1S/C19H13F3O/c20-18-16(7-4-8-17(18)19(21)22)13-9-11-15(12-10-13)23-14-5-2-1-3-6-14/h1-12,19H. The van der Waals surface area contributed by atoms with Gasteiger partial charge in [-0.05, 0) is 29.8 Å². The van der Waals surface area contributed by atoms with Crippen LogP contribution in [0.2, 0.25) is 0 Å². The fourth-order valence-corrected chi connectivity index (χ4v) is 2.27. The summed E-state index contributed by atoms with van der Waals surface area (Å²) in [7, 11) is 0.